The number of rotatable bonds is 4. The Morgan fingerprint density at radius 3 is 2.16 bits per heavy atom. The normalized spacial score (nSPS) is 32.0. The second-order valence-electron chi connectivity index (χ2n) is 8.78. The number of benzene rings is 2. The molecule has 7 rings (SSSR count). The van der Waals surface area contributed by atoms with E-state index in [9.17, 15) is 14.4 Å². The first kappa shape index (κ1) is 18.4. The third-order valence-electron chi connectivity index (χ3n) is 7.27. The van der Waals surface area contributed by atoms with Gasteiger partial charge >= 0.3 is 5.97 Å². The van der Waals surface area contributed by atoms with Gasteiger partial charge in [0.25, 0.3) is 0 Å². The number of ether oxygens (including phenoxy) is 2. The molecule has 4 aliphatic carbocycles. The maximum absolute atomic E-state index is 13.2. The number of hydrogen-bond donors (Lipinski definition) is 0. The maximum Gasteiger partial charge on any atom is 0.343 e. The van der Waals surface area contributed by atoms with Crippen molar-refractivity contribution in [3.63, 3.8) is 0 Å². The Hall–Kier alpha value is -3.41. The van der Waals surface area contributed by atoms with E-state index in [0.717, 1.165) is 6.42 Å². The van der Waals surface area contributed by atoms with Crippen molar-refractivity contribution in [3.8, 4) is 11.5 Å². The van der Waals surface area contributed by atoms with Crippen LogP contribution in [0.15, 0.2) is 60.7 Å². The smallest absolute Gasteiger partial charge is 0.343 e. The van der Waals surface area contributed by atoms with Crippen LogP contribution in [-0.2, 0) is 9.59 Å². The largest absolute Gasteiger partial charge is 0.497 e. The Balaban J connectivity index is 1.21. The van der Waals surface area contributed by atoms with Crippen LogP contribution in [0, 0.1) is 35.5 Å². The Bertz CT molecular complexity index is 1100. The molecular weight excluding hydrogens is 394 g/mol. The van der Waals surface area contributed by atoms with Crippen LogP contribution in [0.2, 0.25) is 0 Å². The highest BCUT2D eigenvalue weighted by Gasteiger charge is 2.67. The van der Waals surface area contributed by atoms with Crippen LogP contribution in [0.4, 0.5) is 5.69 Å². The maximum atomic E-state index is 13.2. The number of hydrogen-bond acceptors (Lipinski definition) is 5. The van der Waals surface area contributed by atoms with Gasteiger partial charge in [-0.25, -0.2) is 4.79 Å². The van der Waals surface area contributed by atoms with E-state index in [-0.39, 0.29) is 35.5 Å². The highest BCUT2D eigenvalue weighted by atomic mass is 16.5. The fourth-order valence-electron chi connectivity index (χ4n) is 5.79. The highest BCUT2D eigenvalue weighted by molar-refractivity contribution is 6.22. The summed E-state index contributed by atoms with van der Waals surface area (Å²) in [6.45, 7) is 0. The minimum absolute atomic E-state index is 0.0965. The van der Waals surface area contributed by atoms with Crippen molar-refractivity contribution in [2.75, 3.05) is 12.0 Å². The average Bonchev–Trinajstić information content (AvgIpc) is 3.58. The van der Waals surface area contributed by atoms with Crippen molar-refractivity contribution >= 4 is 23.5 Å². The Kier molecular flexibility index (Phi) is 3.88. The molecule has 6 atom stereocenters. The lowest BCUT2D eigenvalue weighted by atomic mass is 9.63. The lowest BCUT2D eigenvalue weighted by Gasteiger charge is -2.37. The standard InChI is InChI=1S/C25H21NO5/c1-30-16-4-2-3-13(11-16)25(29)31-15-7-5-14(6-8-15)26-23(27)21-17-9-10-18(20-12-19(17)20)22(21)24(26)28/h2-11,17-22H,12H2,1H3. The van der Waals surface area contributed by atoms with Gasteiger partial charge in [-0.2, -0.15) is 0 Å². The predicted octanol–water partition coefficient (Wildman–Crippen LogP) is 3.47. The number of carbonyl (C=O) groups excluding carboxylic acids is 3. The van der Waals surface area contributed by atoms with E-state index in [4.69, 9.17) is 9.47 Å². The molecule has 6 nitrogen and oxygen atoms in total. The monoisotopic (exact) mass is 415 g/mol. The van der Waals surface area contributed by atoms with Crippen molar-refractivity contribution in [2.24, 2.45) is 35.5 Å². The van der Waals surface area contributed by atoms with E-state index < -0.39 is 5.97 Å². The quantitative estimate of drug-likeness (QED) is 0.331. The van der Waals surface area contributed by atoms with Crippen LogP contribution >= 0.6 is 0 Å². The molecule has 3 fully saturated rings. The third-order valence-corrected chi connectivity index (χ3v) is 7.27. The average molecular weight is 415 g/mol. The van der Waals surface area contributed by atoms with Gasteiger partial charge in [-0.05, 0) is 72.6 Å². The lowest BCUT2D eigenvalue weighted by Crippen LogP contribution is -2.40. The summed E-state index contributed by atoms with van der Waals surface area (Å²) >= 11 is 0. The van der Waals surface area contributed by atoms with E-state index in [1.807, 2.05) is 0 Å². The summed E-state index contributed by atoms with van der Waals surface area (Å²) in [4.78, 5) is 40.1. The number of anilines is 1. The molecular formula is C25H21NO5. The van der Waals surface area contributed by atoms with E-state index >= 15 is 0 Å². The van der Waals surface area contributed by atoms with Crippen molar-refractivity contribution in [3.05, 3.63) is 66.2 Å². The zero-order chi connectivity index (χ0) is 21.3. The van der Waals surface area contributed by atoms with E-state index in [0.29, 0.717) is 34.6 Å². The van der Waals surface area contributed by atoms with Gasteiger partial charge in [0.15, 0.2) is 0 Å². The molecule has 156 valence electrons. The molecule has 1 aliphatic heterocycles. The van der Waals surface area contributed by atoms with Crippen LogP contribution < -0.4 is 14.4 Å². The molecule has 5 aliphatic rings. The summed E-state index contributed by atoms with van der Waals surface area (Å²) in [7, 11) is 1.53. The highest BCUT2D eigenvalue weighted by Crippen LogP contribution is 2.65. The minimum atomic E-state index is -0.507. The fraction of sp³-hybridized carbons (Fsp3) is 0.320. The lowest BCUT2D eigenvalue weighted by molar-refractivity contribution is -0.124. The van der Waals surface area contributed by atoms with Gasteiger partial charge in [-0.3, -0.25) is 14.5 Å². The van der Waals surface area contributed by atoms with Crippen molar-refractivity contribution in [1.29, 1.82) is 0 Å². The molecule has 1 heterocycles. The zero-order valence-corrected chi connectivity index (χ0v) is 16.9. The van der Waals surface area contributed by atoms with E-state index in [1.54, 1.807) is 48.5 Å². The van der Waals surface area contributed by atoms with Gasteiger partial charge < -0.3 is 9.47 Å². The Labute approximate surface area is 179 Å². The van der Waals surface area contributed by atoms with Gasteiger partial charge in [-0.15, -0.1) is 0 Å². The molecule has 2 aromatic rings. The third kappa shape index (κ3) is 2.67. The van der Waals surface area contributed by atoms with Crippen LogP contribution in [0.1, 0.15) is 16.8 Å². The Morgan fingerprint density at radius 1 is 0.903 bits per heavy atom. The van der Waals surface area contributed by atoms with Gasteiger partial charge in [-0.1, -0.05) is 18.2 Å². The van der Waals surface area contributed by atoms with Crippen molar-refractivity contribution < 1.29 is 23.9 Å². The summed E-state index contributed by atoms with van der Waals surface area (Å²) < 4.78 is 10.6. The topological polar surface area (TPSA) is 72.9 Å². The van der Waals surface area contributed by atoms with Gasteiger partial charge in [0.05, 0.1) is 30.2 Å². The van der Waals surface area contributed by atoms with Crippen LogP contribution in [-0.4, -0.2) is 24.9 Å². The van der Waals surface area contributed by atoms with Gasteiger partial charge in [0, 0.05) is 0 Å². The second kappa shape index (κ2) is 6.54. The van der Waals surface area contributed by atoms with Gasteiger partial charge in [0.2, 0.25) is 11.8 Å². The summed E-state index contributed by atoms with van der Waals surface area (Å²) in [6.07, 6.45) is 5.47. The zero-order valence-electron chi connectivity index (χ0n) is 16.9. The minimum Gasteiger partial charge on any atom is -0.497 e. The number of esters is 1. The Morgan fingerprint density at radius 2 is 1.55 bits per heavy atom. The molecule has 2 amide bonds. The number of amides is 2. The molecule has 2 bridgehead atoms. The number of carbonyl (C=O) groups is 3. The molecule has 2 aromatic carbocycles. The fourth-order valence-corrected chi connectivity index (χ4v) is 5.79. The first-order chi connectivity index (χ1) is 15.1. The summed E-state index contributed by atoms with van der Waals surface area (Å²) in [6, 6.07) is 13.3. The number of nitrogens with zero attached hydrogens (tertiary/aromatic N) is 1. The summed E-state index contributed by atoms with van der Waals surface area (Å²) in [5.41, 5.74) is 0.901. The van der Waals surface area contributed by atoms with Gasteiger partial charge in [0.1, 0.15) is 11.5 Å². The molecule has 0 N–H and O–H groups in total. The molecule has 0 radical (unpaired) electrons. The van der Waals surface area contributed by atoms with Crippen LogP contribution in [0.5, 0.6) is 11.5 Å². The number of methoxy groups -OCH3 is 1. The molecule has 6 heteroatoms. The summed E-state index contributed by atoms with van der Waals surface area (Å²) in [5.74, 6) is 1.31. The predicted molar refractivity (Wildman–Crippen MR) is 112 cm³/mol. The molecule has 0 aromatic heterocycles. The second-order valence-corrected chi connectivity index (χ2v) is 8.78. The number of imide groups is 1. The summed E-state index contributed by atoms with van der Waals surface area (Å²) in [5, 5.41) is 0. The van der Waals surface area contributed by atoms with Crippen molar-refractivity contribution in [2.45, 2.75) is 6.42 Å². The van der Waals surface area contributed by atoms with Crippen LogP contribution in [0.25, 0.3) is 0 Å². The molecule has 2 saturated carbocycles. The molecule has 1 saturated heterocycles. The number of allylic oxidation sites excluding steroid dienone is 2. The SMILES string of the molecule is COc1cccc(C(=O)Oc2ccc(N3C(=O)C4C5C=CC(C6CC56)C4C3=O)cc2)c1. The van der Waals surface area contributed by atoms with Crippen LogP contribution in [0.3, 0.4) is 0 Å². The molecule has 0 spiro atoms. The molecule has 6 unspecified atom stereocenters. The van der Waals surface area contributed by atoms with E-state index in [2.05, 4.69) is 12.2 Å². The van der Waals surface area contributed by atoms with Crippen molar-refractivity contribution in [1.82, 2.24) is 0 Å². The first-order valence-electron chi connectivity index (χ1n) is 10.6. The first-order valence-corrected chi connectivity index (χ1v) is 10.6. The molecule has 31 heavy (non-hydrogen) atoms. The van der Waals surface area contributed by atoms with E-state index in [1.165, 1.54) is 12.0 Å².